The van der Waals surface area contributed by atoms with E-state index in [0.717, 1.165) is 17.1 Å². The Bertz CT molecular complexity index is 634. The maximum Gasteiger partial charge on any atom is 0.269 e. The molecule has 0 radical (unpaired) electrons. The van der Waals surface area contributed by atoms with Crippen LogP contribution in [0.25, 0.3) is 0 Å². The largest absolute Gasteiger partial charge is 0.395 e. The summed E-state index contributed by atoms with van der Waals surface area (Å²) < 4.78 is 0. The number of amides is 1. The quantitative estimate of drug-likeness (QED) is 0.728. The first-order valence-corrected chi connectivity index (χ1v) is 7.56. The minimum absolute atomic E-state index is 0.0347. The monoisotopic (exact) mass is 316 g/mol. The molecule has 124 valence electrons. The lowest BCUT2D eigenvalue weighted by atomic mass is 10.2. The molecule has 0 aliphatic heterocycles. The van der Waals surface area contributed by atoms with Crippen LogP contribution in [0.1, 0.15) is 16.2 Å². The average Bonchev–Trinajstić information content (AvgIpc) is 3.01. The summed E-state index contributed by atoms with van der Waals surface area (Å²) >= 11 is 0. The number of carbonyl (C=O) groups is 1. The van der Waals surface area contributed by atoms with Crippen LogP contribution in [0, 0.1) is 0 Å². The fraction of sp³-hybridized carbons (Fsp3) is 0.353. The van der Waals surface area contributed by atoms with Crippen LogP contribution < -0.4 is 10.2 Å². The molecule has 0 unspecified atom stereocenters. The van der Waals surface area contributed by atoms with Gasteiger partial charge in [0.2, 0.25) is 0 Å². The molecule has 1 aromatic carbocycles. The zero-order chi connectivity index (χ0) is 16.8. The highest BCUT2D eigenvalue weighted by Crippen LogP contribution is 2.17. The Hall–Kier alpha value is -2.47. The number of rotatable bonds is 7. The van der Waals surface area contributed by atoms with Gasteiger partial charge in [0.1, 0.15) is 5.69 Å². The maximum atomic E-state index is 11.8. The molecule has 1 amide bonds. The molecule has 0 saturated carbocycles. The molecule has 0 aliphatic rings. The van der Waals surface area contributed by atoms with Crippen molar-refractivity contribution in [1.29, 1.82) is 0 Å². The van der Waals surface area contributed by atoms with Crippen molar-refractivity contribution in [1.82, 2.24) is 9.88 Å². The van der Waals surface area contributed by atoms with Crippen LogP contribution in [0.5, 0.6) is 0 Å². The van der Waals surface area contributed by atoms with Gasteiger partial charge in [-0.1, -0.05) is 0 Å². The number of hydrogen-bond donors (Lipinski definition) is 3. The Labute approximate surface area is 136 Å². The topological polar surface area (TPSA) is 71.6 Å². The number of anilines is 2. The predicted molar refractivity (Wildman–Crippen MR) is 92.9 cm³/mol. The third-order valence-corrected chi connectivity index (χ3v) is 3.61. The van der Waals surface area contributed by atoms with Crippen LogP contribution in [0.3, 0.4) is 0 Å². The molecule has 6 heteroatoms. The van der Waals surface area contributed by atoms with E-state index >= 15 is 0 Å². The van der Waals surface area contributed by atoms with Gasteiger partial charge in [-0.25, -0.2) is 0 Å². The van der Waals surface area contributed by atoms with E-state index < -0.39 is 0 Å². The summed E-state index contributed by atoms with van der Waals surface area (Å²) in [6.45, 7) is 1.36. The van der Waals surface area contributed by atoms with Gasteiger partial charge in [0.25, 0.3) is 5.91 Å². The summed E-state index contributed by atoms with van der Waals surface area (Å²) in [6, 6.07) is 11.7. The Kier molecular flexibility index (Phi) is 5.65. The molecule has 0 saturated heterocycles. The normalized spacial score (nSPS) is 10.4. The molecule has 0 spiro atoms. The molecular weight excluding hydrogens is 292 g/mol. The number of likely N-dealkylation sites (N-methyl/N-ethyl adjacent to an activating group) is 1. The van der Waals surface area contributed by atoms with Gasteiger partial charge in [-0.05, 0) is 36.4 Å². The standard InChI is InChI=1S/C17H24N4O2/c1-20(2)17(23)16-9-6-14(19-16)12-18-13-4-7-15(8-5-13)21(3)10-11-22/h4-9,18-19,22H,10-12H2,1-3H3. The van der Waals surface area contributed by atoms with Crippen molar-refractivity contribution in [2.45, 2.75) is 6.54 Å². The number of carbonyl (C=O) groups excluding carboxylic acids is 1. The van der Waals surface area contributed by atoms with Crippen molar-refractivity contribution in [3.8, 4) is 0 Å². The zero-order valence-corrected chi connectivity index (χ0v) is 13.8. The van der Waals surface area contributed by atoms with E-state index in [1.165, 1.54) is 0 Å². The predicted octanol–water partition coefficient (Wildman–Crippen LogP) is 1.76. The highest BCUT2D eigenvalue weighted by Gasteiger charge is 2.09. The van der Waals surface area contributed by atoms with E-state index in [2.05, 4.69) is 10.3 Å². The molecular formula is C17H24N4O2. The van der Waals surface area contributed by atoms with Gasteiger partial charge in [-0.15, -0.1) is 0 Å². The van der Waals surface area contributed by atoms with Gasteiger partial charge in [0, 0.05) is 44.8 Å². The second-order valence-corrected chi connectivity index (χ2v) is 5.64. The zero-order valence-electron chi connectivity index (χ0n) is 13.8. The van der Waals surface area contributed by atoms with Gasteiger partial charge in [-0.3, -0.25) is 4.79 Å². The van der Waals surface area contributed by atoms with E-state index in [-0.39, 0.29) is 12.5 Å². The second kappa shape index (κ2) is 7.69. The molecule has 0 bridgehead atoms. The Morgan fingerprint density at radius 2 is 1.83 bits per heavy atom. The van der Waals surface area contributed by atoms with E-state index in [1.807, 2.05) is 42.3 Å². The number of aliphatic hydroxyl groups is 1. The maximum absolute atomic E-state index is 11.8. The molecule has 6 nitrogen and oxygen atoms in total. The van der Waals surface area contributed by atoms with Crippen LogP contribution in [-0.2, 0) is 6.54 Å². The number of H-pyrrole nitrogens is 1. The Balaban J connectivity index is 1.92. The lowest BCUT2D eigenvalue weighted by Gasteiger charge is -2.18. The van der Waals surface area contributed by atoms with Crippen molar-refractivity contribution in [2.24, 2.45) is 0 Å². The molecule has 0 fully saturated rings. The lowest BCUT2D eigenvalue weighted by Crippen LogP contribution is -2.22. The Morgan fingerprint density at radius 3 is 2.43 bits per heavy atom. The van der Waals surface area contributed by atoms with Crippen LogP contribution in [0.4, 0.5) is 11.4 Å². The molecule has 0 aliphatic carbocycles. The van der Waals surface area contributed by atoms with Crippen LogP contribution in [0.15, 0.2) is 36.4 Å². The number of aromatic nitrogens is 1. The summed E-state index contributed by atoms with van der Waals surface area (Å²) in [5.41, 5.74) is 3.61. The molecule has 23 heavy (non-hydrogen) atoms. The first kappa shape index (κ1) is 16.9. The fourth-order valence-corrected chi connectivity index (χ4v) is 2.22. The number of nitrogens with zero attached hydrogens (tertiary/aromatic N) is 2. The summed E-state index contributed by atoms with van der Waals surface area (Å²) in [7, 11) is 5.41. The van der Waals surface area contributed by atoms with E-state index in [0.29, 0.717) is 18.8 Å². The molecule has 0 atom stereocenters. The molecule has 3 N–H and O–H groups in total. The fourth-order valence-electron chi connectivity index (χ4n) is 2.22. The minimum Gasteiger partial charge on any atom is -0.395 e. The van der Waals surface area contributed by atoms with Crippen molar-refractivity contribution in [2.75, 3.05) is 44.5 Å². The second-order valence-electron chi connectivity index (χ2n) is 5.64. The number of nitrogens with one attached hydrogen (secondary N) is 2. The summed E-state index contributed by atoms with van der Waals surface area (Å²) in [5, 5.41) is 12.3. The summed E-state index contributed by atoms with van der Waals surface area (Å²) in [6.07, 6.45) is 0. The number of hydrogen-bond acceptors (Lipinski definition) is 4. The van der Waals surface area contributed by atoms with Gasteiger partial charge in [0.15, 0.2) is 0 Å². The smallest absolute Gasteiger partial charge is 0.269 e. The summed E-state index contributed by atoms with van der Waals surface area (Å²) in [4.78, 5) is 18.5. The first-order valence-electron chi connectivity index (χ1n) is 7.56. The van der Waals surface area contributed by atoms with Crippen LogP contribution >= 0.6 is 0 Å². The molecule has 2 rings (SSSR count). The van der Waals surface area contributed by atoms with Gasteiger partial charge in [-0.2, -0.15) is 0 Å². The van der Waals surface area contributed by atoms with Crippen molar-refractivity contribution in [3.05, 3.63) is 47.8 Å². The van der Waals surface area contributed by atoms with Gasteiger partial charge >= 0.3 is 0 Å². The van der Waals surface area contributed by atoms with E-state index in [9.17, 15) is 4.79 Å². The van der Waals surface area contributed by atoms with Crippen molar-refractivity contribution < 1.29 is 9.90 Å². The highest BCUT2D eigenvalue weighted by atomic mass is 16.3. The third kappa shape index (κ3) is 4.50. The molecule has 1 heterocycles. The first-order chi connectivity index (χ1) is 11.0. The SMILES string of the molecule is CN(C)C(=O)c1ccc(CNc2ccc(N(C)CCO)cc2)[nH]1. The van der Waals surface area contributed by atoms with E-state index in [1.54, 1.807) is 25.1 Å². The third-order valence-electron chi connectivity index (χ3n) is 3.61. The van der Waals surface area contributed by atoms with Crippen LogP contribution in [-0.4, -0.2) is 55.2 Å². The number of benzene rings is 1. The van der Waals surface area contributed by atoms with Gasteiger partial charge < -0.3 is 25.2 Å². The number of aromatic amines is 1. The summed E-state index contributed by atoms with van der Waals surface area (Å²) in [5.74, 6) is -0.0347. The van der Waals surface area contributed by atoms with Crippen molar-refractivity contribution in [3.63, 3.8) is 0 Å². The van der Waals surface area contributed by atoms with Gasteiger partial charge in [0.05, 0.1) is 13.2 Å². The highest BCUT2D eigenvalue weighted by molar-refractivity contribution is 5.92. The van der Waals surface area contributed by atoms with Crippen LogP contribution in [0.2, 0.25) is 0 Å². The van der Waals surface area contributed by atoms with Crippen molar-refractivity contribution >= 4 is 17.3 Å². The molecule has 1 aromatic heterocycles. The van der Waals surface area contributed by atoms with E-state index in [4.69, 9.17) is 5.11 Å². The lowest BCUT2D eigenvalue weighted by molar-refractivity contribution is 0.0822. The average molecular weight is 316 g/mol. The molecule has 2 aromatic rings. The Morgan fingerprint density at radius 1 is 1.13 bits per heavy atom. The minimum atomic E-state index is -0.0347. The number of aliphatic hydroxyl groups excluding tert-OH is 1.